The molecule has 7 nitrogen and oxygen atoms in total. The van der Waals surface area contributed by atoms with Crippen LogP contribution in [0.4, 0.5) is 0 Å². The van der Waals surface area contributed by atoms with Gasteiger partial charge in [0.1, 0.15) is 0 Å². The van der Waals surface area contributed by atoms with Crippen LogP contribution in [0.15, 0.2) is 34.2 Å². The topological polar surface area (TPSA) is 106 Å². The maximum absolute atomic E-state index is 11.3. The van der Waals surface area contributed by atoms with Gasteiger partial charge in [0.15, 0.2) is 5.96 Å². The molecule has 0 saturated heterocycles. The molecular weight excluding hydrogens is 364 g/mol. The third-order valence-corrected chi connectivity index (χ3v) is 5.46. The van der Waals surface area contributed by atoms with Crippen molar-refractivity contribution in [2.24, 2.45) is 10.1 Å². The maximum Gasteiger partial charge on any atom is 0.238 e. The van der Waals surface area contributed by atoms with Crippen LogP contribution in [0.3, 0.4) is 0 Å². The van der Waals surface area contributed by atoms with Gasteiger partial charge in [0, 0.05) is 19.7 Å². The van der Waals surface area contributed by atoms with Gasteiger partial charge in [0.2, 0.25) is 10.0 Å². The monoisotopic (exact) mass is 396 g/mol. The highest BCUT2D eigenvalue weighted by Crippen LogP contribution is 2.20. The van der Waals surface area contributed by atoms with Crippen molar-refractivity contribution < 1.29 is 13.2 Å². The second kappa shape index (κ2) is 11.3. The fourth-order valence-corrected chi connectivity index (χ4v) is 3.57. The minimum Gasteiger partial charge on any atom is -0.378 e. The standard InChI is InChI=1S/C19H32N4O3S/c1-2-21-19(22-13-6-14-26-17-7-4-3-5-8-17)23-15-16-9-11-18(12-10-16)27(20,24)25/h9-12,17H,2-8,13-15H2,1H3,(H2,20,24,25)(H2,21,22,23). The Morgan fingerprint density at radius 3 is 2.52 bits per heavy atom. The van der Waals surface area contributed by atoms with Crippen LogP contribution in [0.1, 0.15) is 51.0 Å². The van der Waals surface area contributed by atoms with Crippen molar-refractivity contribution >= 4 is 16.0 Å². The summed E-state index contributed by atoms with van der Waals surface area (Å²) >= 11 is 0. The first kappa shape index (κ1) is 21.7. The lowest BCUT2D eigenvalue weighted by molar-refractivity contribution is 0.0277. The number of rotatable bonds is 9. The minimum atomic E-state index is -3.66. The number of hydrogen-bond donors (Lipinski definition) is 3. The van der Waals surface area contributed by atoms with Gasteiger partial charge < -0.3 is 15.4 Å². The first-order valence-corrected chi connectivity index (χ1v) is 11.3. The summed E-state index contributed by atoms with van der Waals surface area (Å²) in [4.78, 5) is 4.65. The summed E-state index contributed by atoms with van der Waals surface area (Å²) in [6, 6.07) is 6.46. The number of hydrogen-bond acceptors (Lipinski definition) is 4. The largest absolute Gasteiger partial charge is 0.378 e. The van der Waals surface area contributed by atoms with Gasteiger partial charge in [0.25, 0.3) is 0 Å². The summed E-state index contributed by atoms with van der Waals surface area (Å²) < 4.78 is 28.5. The van der Waals surface area contributed by atoms with E-state index in [0.29, 0.717) is 12.6 Å². The van der Waals surface area contributed by atoms with Crippen LogP contribution in [0.25, 0.3) is 0 Å². The Balaban J connectivity index is 1.74. The highest BCUT2D eigenvalue weighted by molar-refractivity contribution is 7.89. The number of primary sulfonamides is 1. The molecule has 8 heteroatoms. The highest BCUT2D eigenvalue weighted by Gasteiger charge is 2.13. The summed E-state index contributed by atoms with van der Waals surface area (Å²) in [5, 5.41) is 11.6. The van der Waals surface area contributed by atoms with E-state index in [0.717, 1.165) is 37.6 Å². The molecule has 1 aromatic carbocycles. The molecule has 1 aliphatic carbocycles. The van der Waals surface area contributed by atoms with Crippen LogP contribution >= 0.6 is 0 Å². The molecule has 0 bridgehead atoms. The van der Waals surface area contributed by atoms with Gasteiger partial charge >= 0.3 is 0 Å². The molecular formula is C19H32N4O3S. The number of nitrogens with one attached hydrogen (secondary N) is 2. The normalized spacial score (nSPS) is 16.3. The van der Waals surface area contributed by atoms with Crippen LogP contribution in [-0.2, 0) is 21.3 Å². The van der Waals surface area contributed by atoms with Gasteiger partial charge in [-0.05, 0) is 43.9 Å². The minimum absolute atomic E-state index is 0.109. The first-order chi connectivity index (χ1) is 13.0. The van der Waals surface area contributed by atoms with Crippen molar-refractivity contribution in [1.82, 2.24) is 10.6 Å². The molecule has 1 aromatic rings. The lowest BCUT2D eigenvalue weighted by atomic mass is 9.98. The number of ether oxygens (including phenoxy) is 1. The van der Waals surface area contributed by atoms with E-state index >= 15 is 0 Å². The number of guanidine groups is 1. The number of nitrogens with zero attached hydrogens (tertiary/aromatic N) is 1. The Labute approximate surface area is 162 Å². The van der Waals surface area contributed by atoms with E-state index in [4.69, 9.17) is 9.88 Å². The average molecular weight is 397 g/mol. The predicted molar refractivity (Wildman–Crippen MR) is 108 cm³/mol. The molecule has 0 spiro atoms. The lowest BCUT2D eigenvalue weighted by Gasteiger charge is -2.22. The summed E-state index contributed by atoms with van der Waals surface area (Å²) in [5.41, 5.74) is 0.917. The van der Waals surface area contributed by atoms with Crippen molar-refractivity contribution in [3.05, 3.63) is 29.8 Å². The zero-order chi connectivity index (χ0) is 19.5. The van der Waals surface area contributed by atoms with E-state index in [9.17, 15) is 8.42 Å². The molecule has 1 fully saturated rings. The van der Waals surface area contributed by atoms with Gasteiger partial charge in [-0.2, -0.15) is 0 Å². The SMILES string of the molecule is CCNC(=NCc1ccc(S(N)(=O)=O)cc1)NCCCOC1CCCCC1. The molecule has 27 heavy (non-hydrogen) atoms. The average Bonchev–Trinajstić information content (AvgIpc) is 2.66. The molecule has 0 radical (unpaired) electrons. The Kier molecular flexibility index (Phi) is 9.03. The summed E-state index contributed by atoms with van der Waals surface area (Å²) in [7, 11) is -3.66. The van der Waals surface area contributed by atoms with Crippen LogP contribution in [0, 0.1) is 0 Å². The van der Waals surface area contributed by atoms with E-state index in [1.165, 1.54) is 44.2 Å². The van der Waals surface area contributed by atoms with Crippen LogP contribution in [-0.4, -0.2) is 40.2 Å². The van der Waals surface area contributed by atoms with Crippen molar-refractivity contribution in [3.63, 3.8) is 0 Å². The summed E-state index contributed by atoms with van der Waals surface area (Å²) in [6.07, 6.45) is 7.69. The van der Waals surface area contributed by atoms with Crippen molar-refractivity contribution in [3.8, 4) is 0 Å². The Morgan fingerprint density at radius 2 is 1.89 bits per heavy atom. The lowest BCUT2D eigenvalue weighted by Crippen LogP contribution is -2.38. The quantitative estimate of drug-likeness (QED) is 0.337. The Bertz CT molecular complexity index is 683. The van der Waals surface area contributed by atoms with E-state index < -0.39 is 10.0 Å². The Hall–Kier alpha value is -1.64. The second-order valence-electron chi connectivity index (χ2n) is 6.80. The van der Waals surface area contributed by atoms with Crippen molar-refractivity contribution in [2.75, 3.05) is 19.7 Å². The van der Waals surface area contributed by atoms with Crippen LogP contribution < -0.4 is 15.8 Å². The predicted octanol–water partition coefficient (Wildman–Crippen LogP) is 2.13. The molecule has 0 atom stereocenters. The molecule has 152 valence electrons. The van der Waals surface area contributed by atoms with Gasteiger partial charge in [-0.3, -0.25) is 0 Å². The van der Waals surface area contributed by atoms with Crippen LogP contribution in [0.5, 0.6) is 0 Å². The van der Waals surface area contributed by atoms with E-state index in [1.54, 1.807) is 12.1 Å². The van der Waals surface area contributed by atoms with Crippen LogP contribution in [0.2, 0.25) is 0 Å². The highest BCUT2D eigenvalue weighted by atomic mass is 32.2. The fourth-order valence-electron chi connectivity index (χ4n) is 3.06. The molecule has 0 amide bonds. The summed E-state index contributed by atoms with van der Waals surface area (Å²) in [5.74, 6) is 0.741. The number of aliphatic imine (C=N–C) groups is 1. The molecule has 2 rings (SSSR count). The molecule has 0 aliphatic heterocycles. The number of benzene rings is 1. The fraction of sp³-hybridized carbons (Fsp3) is 0.632. The first-order valence-electron chi connectivity index (χ1n) is 9.74. The maximum atomic E-state index is 11.3. The Morgan fingerprint density at radius 1 is 1.19 bits per heavy atom. The van der Waals surface area contributed by atoms with Gasteiger partial charge in [-0.15, -0.1) is 0 Å². The second-order valence-corrected chi connectivity index (χ2v) is 8.36. The zero-order valence-corrected chi connectivity index (χ0v) is 16.9. The smallest absolute Gasteiger partial charge is 0.238 e. The number of sulfonamides is 1. The molecule has 0 unspecified atom stereocenters. The van der Waals surface area contributed by atoms with Gasteiger partial charge in [-0.25, -0.2) is 18.5 Å². The van der Waals surface area contributed by atoms with E-state index in [-0.39, 0.29) is 4.90 Å². The van der Waals surface area contributed by atoms with E-state index in [1.807, 2.05) is 6.92 Å². The zero-order valence-electron chi connectivity index (χ0n) is 16.1. The van der Waals surface area contributed by atoms with E-state index in [2.05, 4.69) is 15.6 Å². The van der Waals surface area contributed by atoms with Crippen molar-refractivity contribution in [2.45, 2.75) is 63.0 Å². The summed E-state index contributed by atoms with van der Waals surface area (Å²) in [6.45, 7) is 4.81. The third kappa shape index (κ3) is 8.28. The molecule has 1 saturated carbocycles. The molecule has 0 heterocycles. The van der Waals surface area contributed by atoms with Gasteiger partial charge in [0.05, 0.1) is 17.5 Å². The van der Waals surface area contributed by atoms with Gasteiger partial charge in [-0.1, -0.05) is 31.4 Å². The molecule has 1 aliphatic rings. The third-order valence-electron chi connectivity index (χ3n) is 4.54. The molecule has 0 aromatic heterocycles. The number of nitrogens with two attached hydrogens (primary N) is 1. The van der Waals surface area contributed by atoms with Crippen molar-refractivity contribution in [1.29, 1.82) is 0 Å². The molecule has 4 N–H and O–H groups in total.